The Bertz CT molecular complexity index is 2540. The van der Waals surface area contributed by atoms with Crippen LogP contribution in [0.2, 0.25) is 0 Å². The van der Waals surface area contributed by atoms with Gasteiger partial charge in [0.15, 0.2) is 24.6 Å². The molecule has 7 atom stereocenters. The monoisotopic (exact) mass is 1080 g/mol. The summed E-state index contributed by atoms with van der Waals surface area (Å²) in [4.78, 5) is 59.6. The second-order valence-electron chi connectivity index (χ2n) is 22.4. The van der Waals surface area contributed by atoms with Crippen LogP contribution in [0.1, 0.15) is 156 Å². The molecule has 0 radical (unpaired) electrons. The minimum Gasteiger partial charge on any atom is -0.463 e. The summed E-state index contributed by atoms with van der Waals surface area (Å²) in [7, 11) is 0. The van der Waals surface area contributed by atoms with E-state index >= 15 is 0 Å². The van der Waals surface area contributed by atoms with Gasteiger partial charge in [0.2, 0.25) is 0 Å². The van der Waals surface area contributed by atoms with E-state index in [1.165, 1.54) is 62.5 Å². The molecule has 1 aliphatic heterocycles. The van der Waals surface area contributed by atoms with Crippen molar-refractivity contribution in [1.82, 2.24) is 0 Å². The van der Waals surface area contributed by atoms with E-state index in [9.17, 15) is 24.0 Å². The second-order valence-corrected chi connectivity index (χ2v) is 22.4. The SMILES string of the molecule is CC(=O)OC/C(C)=C/C[C@H]1CCC(C)=C(/C=C/C(C)=C/C=C/C(C)=C/C=C/C=C(C)/C=C/C=C(C)/C=C/C2=C(C)CC[C@H](C/C=C(\C)CO[C@@H]3O[C@H](COC(C)=O)[C@@H](OC(C)=O)[C@H](OC(C)=O)[C@H]3OC(C)=O)C2(C)C)C1(C)C. The van der Waals surface area contributed by atoms with E-state index in [1.807, 2.05) is 13.8 Å². The normalized spacial score (nSPS) is 25.0. The first-order valence-electron chi connectivity index (χ1n) is 27.5. The summed E-state index contributed by atoms with van der Waals surface area (Å²) in [6, 6.07) is 0. The number of carbonyl (C=O) groups is 5. The molecule has 0 aromatic heterocycles. The van der Waals surface area contributed by atoms with Crippen LogP contribution >= 0.6 is 0 Å². The molecule has 0 aromatic rings. The van der Waals surface area contributed by atoms with Crippen LogP contribution in [-0.2, 0) is 57.1 Å². The van der Waals surface area contributed by atoms with E-state index in [4.69, 9.17) is 33.2 Å². The molecule has 78 heavy (non-hydrogen) atoms. The highest BCUT2D eigenvalue weighted by atomic mass is 16.7. The summed E-state index contributed by atoms with van der Waals surface area (Å²) in [6.45, 7) is 32.6. The molecule has 12 heteroatoms. The van der Waals surface area contributed by atoms with Gasteiger partial charge in [-0.05, 0) is 133 Å². The van der Waals surface area contributed by atoms with Crippen LogP contribution in [0.25, 0.3) is 0 Å². The van der Waals surface area contributed by atoms with Gasteiger partial charge in [-0.2, -0.15) is 0 Å². The fraction of sp³-hybridized carbons (Fsp3) is 0.530. The van der Waals surface area contributed by atoms with Crippen molar-refractivity contribution in [2.75, 3.05) is 19.8 Å². The van der Waals surface area contributed by atoms with Crippen molar-refractivity contribution >= 4 is 29.8 Å². The van der Waals surface area contributed by atoms with E-state index in [2.05, 4.69) is 166 Å². The molecule has 3 rings (SSSR count). The molecule has 0 bridgehead atoms. The minimum atomic E-state index is -1.29. The maximum absolute atomic E-state index is 12.3. The molecular weight excluding hydrogens is 985 g/mol. The lowest BCUT2D eigenvalue weighted by atomic mass is 9.64. The van der Waals surface area contributed by atoms with Crippen molar-refractivity contribution in [2.45, 2.75) is 187 Å². The summed E-state index contributed by atoms with van der Waals surface area (Å²) in [5.74, 6) is -2.06. The van der Waals surface area contributed by atoms with Crippen LogP contribution in [0.5, 0.6) is 0 Å². The number of allylic oxidation sites excluding steroid dienone is 24. The van der Waals surface area contributed by atoms with Crippen LogP contribution in [-0.4, -0.2) is 80.4 Å². The van der Waals surface area contributed by atoms with Crippen LogP contribution in [0.3, 0.4) is 0 Å². The zero-order chi connectivity index (χ0) is 58.3. The van der Waals surface area contributed by atoms with E-state index in [0.717, 1.165) is 66.4 Å². The topological polar surface area (TPSA) is 150 Å². The number of esters is 5. The highest BCUT2D eigenvalue weighted by molar-refractivity contribution is 5.69. The molecular formula is C66H92O12. The number of carbonyl (C=O) groups excluding carboxylic acids is 5. The van der Waals surface area contributed by atoms with Crippen molar-refractivity contribution in [1.29, 1.82) is 0 Å². The van der Waals surface area contributed by atoms with Crippen molar-refractivity contribution in [3.63, 3.8) is 0 Å². The fourth-order valence-electron chi connectivity index (χ4n) is 10.2. The fourth-order valence-corrected chi connectivity index (χ4v) is 10.2. The quantitative estimate of drug-likeness (QED) is 0.0392. The standard InChI is InChI=1S/C66H92O12/c1-43(24-20-26-45(3)30-38-58-49(7)32-36-56(65(58,14)15)34-28-47(5)40-72-51(9)67)22-18-19-23-44(2)25-21-27-46(4)31-39-59-50(8)33-37-57(66(59,16)17)35-29-48(6)41-74-64-63(77-55(13)71)62(76-54(12)70)61(75-53(11)69)60(78-64)42-73-52(10)68/h18-31,38-39,56-57,60-64H,32-37,40-42H2,1-17H3/b19-18+,24-20+,25-21+,38-30+,39-31+,43-22+,44-23+,45-26+,46-27+,47-28+,48-29+/t56-,57-,60+,61+,62-,63+,64+/m0/s1. The summed E-state index contributed by atoms with van der Waals surface area (Å²) >= 11 is 0. The minimum absolute atomic E-state index is 0.0393. The predicted octanol–water partition coefficient (Wildman–Crippen LogP) is 14.4. The molecule has 0 saturated carbocycles. The molecule has 0 spiro atoms. The van der Waals surface area contributed by atoms with Gasteiger partial charge in [0, 0.05) is 34.6 Å². The van der Waals surface area contributed by atoms with Gasteiger partial charge < -0.3 is 33.2 Å². The average Bonchev–Trinajstić information content (AvgIpc) is 3.37. The molecule has 2 aliphatic carbocycles. The number of rotatable bonds is 24. The zero-order valence-corrected chi connectivity index (χ0v) is 50.0. The molecule has 1 heterocycles. The summed E-state index contributed by atoms with van der Waals surface area (Å²) in [5, 5.41) is 0. The Kier molecular flexibility index (Phi) is 27.2. The maximum atomic E-state index is 12.3. The molecule has 12 nitrogen and oxygen atoms in total. The number of hydrogen-bond acceptors (Lipinski definition) is 12. The van der Waals surface area contributed by atoms with Gasteiger partial charge in [0.25, 0.3) is 0 Å². The number of hydrogen-bond donors (Lipinski definition) is 0. The van der Waals surface area contributed by atoms with Gasteiger partial charge in [-0.25, -0.2) is 0 Å². The molecule has 0 N–H and O–H groups in total. The summed E-state index contributed by atoms with van der Waals surface area (Å²) in [5.41, 5.74) is 12.1. The van der Waals surface area contributed by atoms with E-state index in [1.54, 1.807) is 0 Å². The third kappa shape index (κ3) is 22.3. The smallest absolute Gasteiger partial charge is 0.303 e. The molecule has 0 aromatic carbocycles. The predicted molar refractivity (Wildman–Crippen MR) is 310 cm³/mol. The largest absolute Gasteiger partial charge is 0.463 e. The first kappa shape index (κ1) is 66.2. The van der Waals surface area contributed by atoms with Gasteiger partial charge >= 0.3 is 29.8 Å². The first-order valence-corrected chi connectivity index (χ1v) is 27.5. The Hall–Kier alpha value is -6.11. The van der Waals surface area contributed by atoms with Crippen molar-refractivity contribution < 1.29 is 57.1 Å². The van der Waals surface area contributed by atoms with E-state index in [0.29, 0.717) is 18.4 Å². The van der Waals surface area contributed by atoms with Gasteiger partial charge in [-0.3, -0.25) is 24.0 Å². The molecule has 428 valence electrons. The lowest BCUT2D eigenvalue weighted by Gasteiger charge is -2.44. The maximum Gasteiger partial charge on any atom is 0.303 e. The molecule has 1 fully saturated rings. The molecule has 0 amide bonds. The second kappa shape index (κ2) is 32.1. The Morgan fingerprint density at radius 2 is 0.897 bits per heavy atom. The zero-order valence-electron chi connectivity index (χ0n) is 50.0. The number of ether oxygens (including phenoxy) is 7. The lowest BCUT2D eigenvalue weighted by molar-refractivity contribution is -0.306. The average molecular weight is 1080 g/mol. The lowest BCUT2D eigenvalue weighted by Crippen LogP contribution is -2.63. The molecule has 0 unspecified atom stereocenters. The van der Waals surface area contributed by atoms with Crippen molar-refractivity contribution in [3.05, 3.63) is 153 Å². The van der Waals surface area contributed by atoms with Gasteiger partial charge in [0.05, 0.1) is 6.61 Å². The van der Waals surface area contributed by atoms with Crippen LogP contribution < -0.4 is 0 Å². The van der Waals surface area contributed by atoms with Gasteiger partial charge in [-0.1, -0.05) is 164 Å². The molecule has 1 saturated heterocycles. The Morgan fingerprint density at radius 1 is 0.500 bits per heavy atom. The van der Waals surface area contributed by atoms with E-state index < -0.39 is 54.6 Å². The Labute approximate surface area is 467 Å². The third-order valence-electron chi connectivity index (χ3n) is 14.8. The summed E-state index contributed by atoms with van der Waals surface area (Å²) < 4.78 is 39.3. The van der Waals surface area contributed by atoms with Crippen LogP contribution in [0.4, 0.5) is 0 Å². The van der Waals surface area contributed by atoms with Crippen LogP contribution in [0.15, 0.2) is 153 Å². The summed E-state index contributed by atoms with van der Waals surface area (Å²) in [6.07, 6.45) is 34.3. The first-order chi connectivity index (χ1) is 36.6. The highest BCUT2D eigenvalue weighted by Crippen LogP contribution is 2.48. The highest BCUT2D eigenvalue weighted by Gasteiger charge is 2.53. The molecule has 3 aliphatic rings. The third-order valence-corrected chi connectivity index (χ3v) is 14.8. The van der Waals surface area contributed by atoms with Gasteiger partial charge in [0.1, 0.15) is 19.3 Å². The van der Waals surface area contributed by atoms with Gasteiger partial charge in [-0.15, -0.1) is 0 Å². The van der Waals surface area contributed by atoms with Crippen LogP contribution in [0, 0.1) is 22.7 Å². The van der Waals surface area contributed by atoms with Crippen molar-refractivity contribution in [2.24, 2.45) is 22.7 Å². The Morgan fingerprint density at radius 3 is 1.33 bits per heavy atom. The van der Waals surface area contributed by atoms with Crippen molar-refractivity contribution in [3.8, 4) is 0 Å². The van der Waals surface area contributed by atoms with E-state index in [-0.39, 0.29) is 30.0 Å². The Balaban J connectivity index is 1.60.